The van der Waals surface area contributed by atoms with Gasteiger partial charge in [0.2, 0.25) is 15.9 Å². The molecule has 4 rings (SSSR count). The van der Waals surface area contributed by atoms with E-state index in [4.69, 9.17) is 0 Å². The number of piperazine rings is 1. The summed E-state index contributed by atoms with van der Waals surface area (Å²) in [5.41, 5.74) is 1.16. The molecule has 0 atom stereocenters. The van der Waals surface area contributed by atoms with Crippen molar-refractivity contribution in [1.29, 1.82) is 0 Å². The Bertz CT molecular complexity index is 1020. The normalized spacial score (nSPS) is 18.3. The highest BCUT2D eigenvalue weighted by molar-refractivity contribution is 7.89. The third kappa shape index (κ3) is 5.06. The highest BCUT2D eigenvalue weighted by Crippen LogP contribution is 2.23. The SMILES string of the molecule is O=C(CN1CCN(c2ccccc2F)CC1)Nc1ccc(S(=O)(=O)N2CCCC2)cc1. The molecule has 2 aliphatic heterocycles. The fraction of sp³-hybridized carbons (Fsp3) is 0.409. The van der Waals surface area contributed by atoms with Gasteiger partial charge in [0.25, 0.3) is 0 Å². The van der Waals surface area contributed by atoms with Crippen molar-refractivity contribution in [2.75, 3.05) is 56.0 Å². The first-order valence-corrected chi connectivity index (χ1v) is 12.0. The molecule has 2 saturated heterocycles. The fourth-order valence-corrected chi connectivity index (χ4v) is 5.56. The first-order chi connectivity index (χ1) is 14.9. The van der Waals surface area contributed by atoms with Gasteiger partial charge in [0.05, 0.1) is 17.1 Å². The third-order valence-electron chi connectivity index (χ3n) is 5.77. The number of amides is 1. The largest absolute Gasteiger partial charge is 0.367 e. The van der Waals surface area contributed by atoms with Gasteiger partial charge in [0, 0.05) is 45.0 Å². The van der Waals surface area contributed by atoms with E-state index in [-0.39, 0.29) is 23.2 Å². The topological polar surface area (TPSA) is 73.0 Å². The molecular weight excluding hydrogens is 419 g/mol. The van der Waals surface area contributed by atoms with Gasteiger partial charge >= 0.3 is 0 Å². The molecule has 1 N–H and O–H groups in total. The second-order valence-electron chi connectivity index (χ2n) is 7.90. The molecule has 0 bridgehead atoms. The number of nitrogens with one attached hydrogen (secondary N) is 1. The second-order valence-corrected chi connectivity index (χ2v) is 9.84. The third-order valence-corrected chi connectivity index (χ3v) is 7.69. The summed E-state index contributed by atoms with van der Waals surface area (Å²) < 4.78 is 40.6. The molecule has 2 heterocycles. The van der Waals surface area contributed by atoms with Crippen molar-refractivity contribution in [3.05, 3.63) is 54.3 Å². The first-order valence-electron chi connectivity index (χ1n) is 10.6. The zero-order chi connectivity index (χ0) is 21.8. The van der Waals surface area contributed by atoms with Crippen LogP contribution in [-0.4, -0.2) is 69.3 Å². The van der Waals surface area contributed by atoms with Crippen LogP contribution in [0.4, 0.5) is 15.8 Å². The molecule has 2 aromatic rings. The Labute approximate surface area is 182 Å². The maximum Gasteiger partial charge on any atom is 0.243 e. The Morgan fingerprint density at radius 1 is 0.903 bits per heavy atom. The van der Waals surface area contributed by atoms with Gasteiger partial charge in [-0.25, -0.2) is 12.8 Å². The lowest BCUT2D eigenvalue weighted by Gasteiger charge is -2.35. The summed E-state index contributed by atoms with van der Waals surface area (Å²) in [6.45, 7) is 3.98. The van der Waals surface area contributed by atoms with Crippen LogP contribution in [0.1, 0.15) is 12.8 Å². The van der Waals surface area contributed by atoms with Crippen molar-refractivity contribution in [3.63, 3.8) is 0 Å². The van der Waals surface area contributed by atoms with Crippen LogP contribution in [0.3, 0.4) is 0 Å². The lowest BCUT2D eigenvalue weighted by atomic mass is 10.2. The molecule has 9 heteroatoms. The van der Waals surface area contributed by atoms with Gasteiger partial charge in [-0.15, -0.1) is 0 Å². The van der Waals surface area contributed by atoms with E-state index in [1.165, 1.54) is 22.5 Å². The summed E-state index contributed by atoms with van der Waals surface area (Å²) in [6.07, 6.45) is 1.78. The molecule has 2 fully saturated rings. The van der Waals surface area contributed by atoms with Gasteiger partial charge in [0.1, 0.15) is 5.82 Å². The van der Waals surface area contributed by atoms with Crippen molar-refractivity contribution in [1.82, 2.24) is 9.21 Å². The molecule has 0 aromatic heterocycles. The van der Waals surface area contributed by atoms with Crippen LogP contribution in [0, 0.1) is 5.82 Å². The molecule has 0 radical (unpaired) electrons. The number of anilines is 2. The zero-order valence-corrected chi connectivity index (χ0v) is 18.2. The summed E-state index contributed by atoms with van der Waals surface area (Å²) in [5.74, 6) is -0.390. The van der Waals surface area contributed by atoms with Crippen LogP contribution >= 0.6 is 0 Å². The maximum absolute atomic E-state index is 14.0. The van der Waals surface area contributed by atoms with E-state index in [1.54, 1.807) is 24.3 Å². The lowest BCUT2D eigenvalue weighted by molar-refractivity contribution is -0.117. The van der Waals surface area contributed by atoms with Crippen molar-refractivity contribution >= 4 is 27.3 Å². The molecule has 0 spiro atoms. The van der Waals surface area contributed by atoms with Gasteiger partial charge in [-0.2, -0.15) is 4.31 Å². The summed E-state index contributed by atoms with van der Waals surface area (Å²) >= 11 is 0. The van der Waals surface area contributed by atoms with E-state index in [2.05, 4.69) is 5.32 Å². The molecule has 0 aliphatic carbocycles. The summed E-state index contributed by atoms with van der Waals surface area (Å²) in [5, 5.41) is 2.83. The molecule has 1 amide bonds. The number of sulfonamides is 1. The van der Waals surface area contributed by atoms with E-state index in [1.807, 2.05) is 15.9 Å². The van der Waals surface area contributed by atoms with Gasteiger partial charge < -0.3 is 10.2 Å². The van der Waals surface area contributed by atoms with E-state index < -0.39 is 10.0 Å². The molecule has 0 unspecified atom stereocenters. The predicted octanol–water partition coefficient (Wildman–Crippen LogP) is 2.37. The monoisotopic (exact) mass is 446 g/mol. The quantitative estimate of drug-likeness (QED) is 0.738. The number of carbonyl (C=O) groups excluding carboxylic acids is 1. The lowest BCUT2D eigenvalue weighted by Crippen LogP contribution is -2.48. The Hall–Kier alpha value is -2.49. The number of para-hydroxylation sites is 1. The fourth-order valence-electron chi connectivity index (χ4n) is 4.05. The average molecular weight is 447 g/mol. The molecule has 2 aliphatic rings. The van der Waals surface area contributed by atoms with Gasteiger partial charge in [-0.1, -0.05) is 12.1 Å². The Balaban J connectivity index is 1.28. The van der Waals surface area contributed by atoms with Crippen molar-refractivity contribution in [2.45, 2.75) is 17.7 Å². The first kappa shape index (κ1) is 21.7. The highest BCUT2D eigenvalue weighted by Gasteiger charge is 2.27. The number of rotatable bonds is 6. The molecule has 0 saturated carbocycles. The number of hydrogen-bond donors (Lipinski definition) is 1. The predicted molar refractivity (Wildman–Crippen MR) is 118 cm³/mol. The minimum Gasteiger partial charge on any atom is -0.367 e. The second kappa shape index (κ2) is 9.33. The number of carbonyl (C=O) groups is 1. The highest BCUT2D eigenvalue weighted by atomic mass is 32.2. The number of halogens is 1. The van der Waals surface area contributed by atoms with Crippen molar-refractivity contribution in [3.8, 4) is 0 Å². The number of benzene rings is 2. The maximum atomic E-state index is 14.0. The van der Waals surface area contributed by atoms with Gasteiger partial charge in [-0.05, 0) is 49.2 Å². The Morgan fingerprint density at radius 2 is 1.55 bits per heavy atom. The standard InChI is InChI=1S/C22H27FN4O3S/c23-20-5-1-2-6-21(20)26-15-13-25(14-16-26)17-22(28)24-18-7-9-19(10-8-18)31(29,30)27-11-3-4-12-27/h1-2,5-10H,3-4,11-17H2,(H,24,28). The number of hydrogen-bond acceptors (Lipinski definition) is 5. The Kier molecular flexibility index (Phi) is 6.54. The minimum atomic E-state index is -3.46. The molecule has 2 aromatic carbocycles. The molecular formula is C22H27FN4O3S. The van der Waals surface area contributed by atoms with Crippen LogP contribution in [0.15, 0.2) is 53.4 Å². The van der Waals surface area contributed by atoms with Crippen molar-refractivity contribution in [2.24, 2.45) is 0 Å². The summed E-state index contributed by atoms with van der Waals surface area (Å²) in [6, 6.07) is 13.0. The smallest absolute Gasteiger partial charge is 0.243 e. The minimum absolute atomic E-state index is 0.158. The van der Waals surface area contributed by atoms with E-state index in [0.29, 0.717) is 50.6 Å². The van der Waals surface area contributed by atoms with Crippen LogP contribution < -0.4 is 10.2 Å². The molecule has 7 nitrogen and oxygen atoms in total. The van der Waals surface area contributed by atoms with Crippen LogP contribution in [0.25, 0.3) is 0 Å². The van der Waals surface area contributed by atoms with Crippen LogP contribution in [-0.2, 0) is 14.8 Å². The molecule has 31 heavy (non-hydrogen) atoms. The van der Waals surface area contributed by atoms with Crippen LogP contribution in [0.2, 0.25) is 0 Å². The van der Waals surface area contributed by atoms with Crippen LogP contribution in [0.5, 0.6) is 0 Å². The summed E-state index contributed by atoms with van der Waals surface area (Å²) in [4.78, 5) is 16.7. The van der Waals surface area contributed by atoms with E-state index >= 15 is 0 Å². The Morgan fingerprint density at radius 3 is 2.19 bits per heavy atom. The summed E-state index contributed by atoms with van der Waals surface area (Å²) in [7, 11) is -3.46. The van der Waals surface area contributed by atoms with Crippen molar-refractivity contribution < 1.29 is 17.6 Å². The molecule has 166 valence electrons. The van der Waals surface area contributed by atoms with Gasteiger partial charge in [-0.3, -0.25) is 9.69 Å². The number of nitrogens with zero attached hydrogens (tertiary/aromatic N) is 3. The average Bonchev–Trinajstić information content (AvgIpc) is 3.31. The zero-order valence-electron chi connectivity index (χ0n) is 17.3. The van der Waals surface area contributed by atoms with E-state index in [9.17, 15) is 17.6 Å². The van der Waals surface area contributed by atoms with E-state index in [0.717, 1.165) is 12.8 Å². The van der Waals surface area contributed by atoms with Gasteiger partial charge in [0.15, 0.2) is 0 Å².